The molecule has 0 spiro atoms. The van der Waals surface area contributed by atoms with Gasteiger partial charge in [0.15, 0.2) is 5.96 Å². The van der Waals surface area contributed by atoms with Crippen LogP contribution < -0.4 is 125 Å². The maximum absolute atomic E-state index is 14.4. The summed E-state index contributed by atoms with van der Waals surface area (Å²) in [7, 11) is 0. The Morgan fingerprint density at radius 2 is 0.644 bits per heavy atom. The number of rotatable bonds is 66. The zero-order chi connectivity index (χ0) is 101. The molecule has 0 aromatic carbocycles. The Labute approximate surface area is 756 Å². The summed E-state index contributed by atoms with van der Waals surface area (Å²) in [6, 6.07) is -26.6. The predicted octanol–water partition coefficient (Wildman–Crippen LogP) is -11.8. The highest BCUT2D eigenvalue weighted by Crippen LogP contribution is 2.16. The minimum Gasteiger partial charge on any atom is -0.481 e. The van der Waals surface area contributed by atoms with E-state index in [9.17, 15) is 145 Å². The molecule has 132 heavy (non-hydrogen) atoms. The van der Waals surface area contributed by atoms with Crippen LogP contribution in [0, 0.1) is 29.1 Å². The third kappa shape index (κ3) is 48.4. The Balaban J connectivity index is 6.91. The van der Waals surface area contributed by atoms with Crippen molar-refractivity contribution in [3.63, 3.8) is 0 Å². The minimum absolute atomic E-state index is 0.0707. The molecule has 0 heterocycles. The smallest absolute Gasteiger partial charge is 0.326 e. The van der Waals surface area contributed by atoms with Gasteiger partial charge in [-0.1, -0.05) is 61.8 Å². The van der Waals surface area contributed by atoms with Gasteiger partial charge in [0.25, 0.3) is 0 Å². The number of nitrogens with one attached hydrogen (secondary N) is 18. The second-order valence-electron chi connectivity index (χ2n) is 32.2. The number of carbonyl (C=O) groups is 25. The van der Waals surface area contributed by atoms with Gasteiger partial charge in [0.1, 0.15) is 84.6 Å². The van der Waals surface area contributed by atoms with Crippen molar-refractivity contribution in [3.8, 4) is 0 Å². The molecule has 55 heteroatoms. The fourth-order valence-corrected chi connectivity index (χ4v) is 12.1. The van der Waals surface area contributed by atoms with E-state index in [4.69, 9.17) is 44.9 Å². The Bertz CT molecular complexity index is 4130. The SMILES string of the molecule is CC[C@H](C)[C@H](NC(=O)[C@H](CCC(N)=O)NC(=O)[C@H](CC(N)=O)NC(=O)[C@@H](NC(=O)[C@@H](NC(=O)CNC(=O)[C@H](CC(=O)O)NC(=O)[C@H](C)NC(=O)[C@H](CCCNC(=N)N)NC(=O)[C@H](CC(C)C)NC(=O)[C@H](CCC(=O)O)NC(=O)[C@H](CCC(N)=O)NC(=O)[C@H](CC(N)=O)NC(=O)[C@@H](N)CC(C)C)[C@@H](C)O)C(C)C)C(=O)N[C@@H](CCC(=O)O)C(=O)NCC(=O)N[C@@H](CCC(=O)O)C(=O)O. The van der Waals surface area contributed by atoms with Crippen LogP contribution in [0.1, 0.15) is 185 Å². The molecule has 0 rings (SSSR count). The number of carboxylic acids is 5. The number of aliphatic hydroxyl groups is 1. The van der Waals surface area contributed by atoms with Crippen molar-refractivity contribution in [3.05, 3.63) is 0 Å². The lowest BCUT2D eigenvalue weighted by atomic mass is 9.96. The quantitative estimate of drug-likeness (QED) is 0.0153. The fourth-order valence-electron chi connectivity index (χ4n) is 12.1. The number of aliphatic hydroxyl groups excluding tert-OH is 1. The second kappa shape index (κ2) is 59.9. The molecule has 20 amide bonds. The number of nitrogens with two attached hydrogens (primary N) is 6. The van der Waals surface area contributed by atoms with Crippen molar-refractivity contribution in [2.75, 3.05) is 19.6 Å². The molecule has 0 aliphatic carbocycles. The average Bonchev–Trinajstić information content (AvgIpc) is 0.840. The molecule has 0 saturated heterocycles. The van der Waals surface area contributed by atoms with E-state index in [1.807, 2.05) is 10.6 Å². The summed E-state index contributed by atoms with van der Waals surface area (Å²) in [5.74, 6) is -34.4. The summed E-state index contributed by atoms with van der Waals surface area (Å²) >= 11 is 0. The molecule has 0 radical (unpaired) electrons. The monoisotopic (exact) mass is 1880 g/mol. The highest BCUT2D eigenvalue weighted by Gasteiger charge is 2.41. The summed E-state index contributed by atoms with van der Waals surface area (Å²) in [4.78, 5) is 328. The number of hydrogen-bond acceptors (Lipinski definition) is 28. The van der Waals surface area contributed by atoms with Crippen molar-refractivity contribution in [2.45, 2.75) is 282 Å². The Morgan fingerprint density at radius 3 is 1.05 bits per heavy atom. The summed E-state index contributed by atoms with van der Waals surface area (Å²) in [6.45, 7) is 12.2. The Hall–Kier alpha value is -14.1. The maximum atomic E-state index is 14.4. The third-order valence-electron chi connectivity index (χ3n) is 19.3. The number of primary amides is 4. The van der Waals surface area contributed by atoms with Gasteiger partial charge in [-0.2, -0.15) is 0 Å². The lowest BCUT2D eigenvalue weighted by Gasteiger charge is -2.29. The molecular formula is C77H128N24O31. The molecule has 0 aromatic rings. The summed E-state index contributed by atoms with van der Waals surface area (Å²) in [5.41, 5.74) is 32.9. The number of carbonyl (C=O) groups excluding carboxylic acids is 20. The van der Waals surface area contributed by atoms with E-state index in [0.29, 0.717) is 0 Å². The van der Waals surface area contributed by atoms with Gasteiger partial charge in [0.05, 0.1) is 44.5 Å². The number of amides is 20. The van der Waals surface area contributed by atoms with Crippen LogP contribution in [-0.2, 0) is 120 Å². The summed E-state index contributed by atoms with van der Waals surface area (Å²) in [5, 5.41) is 104. The van der Waals surface area contributed by atoms with Crippen LogP contribution in [0.5, 0.6) is 0 Å². The number of carboxylic acid groups (broad SMARTS) is 5. The van der Waals surface area contributed by atoms with E-state index in [-0.39, 0.29) is 44.6 Å². The van der Waals surface area contributed by atoms with Gasteiger partial charge in [-0.25, -0.2) is 4.79 Å². The van der Waals surface area contributed by atoms with Crippen molar-refractivity contribution in [1.29, 1.82) is 5.41 Å². The van der Waals surface area contributed by atoms with Crippen molar-refractivity contribution >= 4 is 154 Å². The van der Waals surface area contributed by atoms with Crippen molar-refractivity contribution < 1.29 is 151 Å². The molecule has 0 aromatic heterocycles. The Morgan fingerprint density at radius 1 is 0.311 bits per heavy atom. The highest BCUT2D eigenvalue weighted by atomic mass is 16.4. The lowest BCUT2D eigenvalue weighted by Crippen LogP contribution is -2.62. The topological polar surface area (TPSA) is 933 Å². The van der Waals surface area contributed by atoms with E-state index < -0.39 is 365 Å². The molecule has 36 N–H and O–H groups in total. The van der Waals surface area contributed by atoms with Crippen molar-refractivity contribution in [1.82, 2.24) is 90.4 Å². The first-order valence-corrected chi connectivity index (χ1v) is 41.8. The van der Waals surface area contributed by atoms with Crippen LogP contribution in [0.3, 0.4) is 0 Å². The molecule has 0 aliphatic rings. The van der Waals surface area contributed by atoms with E-state index in [2.05, 4.69) is 79.8 Å². The van der Waals surface area contributed by atoms with Crippen molar-refractivity contribution in [2.24, 2.45) is 58.1 Å². The first kappa shape index (κ1) is 118. The summed E-state index contributed by atoms with van der Waals surface area (Å²) < 4.78 is 0. The van der Waals surface area contributed by atoms with E-state index in [1.54, 1.807) is 34.6 Å². The standard InChI is InChI=1S/C77H128N24O31/c1-11-35(8)60(74(129)94-40(16-21-55(109)110)64(119)86-30-53(107)89-44(76(131)132)18-23-57(113)114)101-69(124)42(15-20-50(80)104)93-72(127)47(28-52(82)106)98-73(128)59(34(6)7)100-75(130)61(37(10)102)99-54(108)31-87-65(120)48(29-58(115)116)95-62(117)36(9)88-66(121)39(13-12-24-85-77(83)84)90-70(125)45(26-33(4)5)97-68(123)43(17-22-56(111)112)91-67(122)41(14-19-49(79)103)92-71(126)46(27-51(81)105)96-63(118)38(78)25-32(2)3/h32-48,59-61,102H,11-31,78H2,1-10H3,(H2,79,103)(H2,80,104)(H2,81,105)(H2,82,106)(H,86,119)(H,87,120)(H,88,121)(H,89,107)(H,90,125)(H,91,122)(H,92,126)(H,93,127)(H,94,129)(H,95,117)(H,96,118)(H,97,123)(H,98,128)(H,99,108)(H,100,130)(H,101,124)(H,109,110)(H,111,112)(H,113,114)(H,115,116)(H,131,132)(H4,83,84,85)/t35-,36-,37+,38-,39-,40-,41-,42-,43-,44-,45-,46-,47-,48-,59-,60-,61-/m0/s1. The fraction of sp³-hybridized carbons (Fsp3) is 0.662. The van der Waals surface area contributed by atoms with Crippen LogP contribution in [0.25, 0.3) is 0 Å². The minimum atomic E-state index is -2.08. The molecule has 0 fully saturated rings. The van der Waals surface area contributed by atoms with E-state index >= 15 is 0 Å². The molecule has 17 atom stereocenters. The number of aliphatic carboxylic acids is 5. The zero-order valence-corrected chi connectivity index (χ0v) is 74.7. The van der Waals surface area contributed by atoms with Crippen LogP contribution in [0.2, 0.25) is 0 Å². The van der Waals surface area contributed by atoms with Gasteiger partial charge >= 0.3 is 29.8 Å². The zero-order valence-electron chi connectivity index (χ0n) is 74.7. The molecular weight excluding hydrogens is 1760 g/mol. The van der Waals surface area contributed by atoms with Crippen LogP contribution in [-0.4, -0.2) is 301 Å². The largest absolute Gasteiger partial charge is 0.481 e. The van der Waals surface area contributed by atoms with Gasteiger partial charge in [-0.3, -0.25) is 120 Å². The molecule has 0 aliphatic heterocycles. The first-order chi connectivity index (χ1) is 61.3. The van der Waals surface area contributed by atoms with Gasteiger partial charge in [-0.15, -0.1) is 0 Å². The van der Waals surface area contributed by atoms with E-state index in [1.165, 1.54) is 20.8 Å². The predicted molar refractivity (Wildman–Crippen MR) is 456 cm³/mol. The molecule has 0 saturated carbocycles. The molecule has 0 bridgehead atoms. The van der Waals surface area contributed by atoms with Gasteiger partial charge in [0.2, 0.25) is 118 Å². The highest BCUT2D eigenvalue weighted by molar-refractivity contribution is 6.02. The third-order valence-corrected chi connectivity index (χ3v) is 19.3. The average molecular weight is 1890 g/mol. The van der Waals surface area contributed by atoms with E-state index in [0.717, 1.165) is 13.8 Å². The van der Waals surface area contributed by atoms with Gasteiger partial charge < -0.3 is 155 Å². The van der Waals surface area contributed by atoms with Gasteiger partial charge in [0, 0.05) is 38.6 Å². The van der Waals surface area contributed by atoms with Crippen LogP contribution in [0.4, 0.5) is 0 Å². The van der Waals surface area contributed by atoms with Crippen LogP contribution in [0.15, 0.2) is 0 Å². The first-order valence-electron chi connectivity index (χ1n) is 41.8. The lowest BCUT2D eigenvalue weighted by molar-refractivity contribution is -0.143. The maximum Gasteiger partial charge on any atom is 0.326 e. The normalized spacial score (nSPS) is 14.9. The molecule has 55 nitrogen and oxygen atoms in total. The Kier molecular flexibility index (Phi) is 53.6. The van der Waals surface area contributed by atoms with Gasteiger partial charge in [-0.05, 0) is 95.3 Å². The number of guanidine groups is 1. The van der Waals surface area contributed by atoms with Crippen LogP contribution >= 0.6 is 0 Å². The summed E-state index contributed by atoms with van der Waals surface area (Å²) in [6.07, 6.45) is -12.0. The molecule has 742 valence electrons. The molecule has 0 unspecified atom stereocenters. The second-order valence-corrected chi connectivity index (χ2v) is 32.2. The number of hydrogen-bond donors (Lipinski definition) is 30.